The average molecular weight is 199 g/mol. The van der Waals surface area contributed by atoms with Gasteiger partial charge in [-0.3, -0.25) is 0 Å². The molecule has 1 aromatic carbocycles. The van der Waals surface area contributed by atoms with Gasteiger partial charge in [-0.25, -0.2) is 8.78 Å². The van der Waals surface area contributed by atoms with Crippen molar-refractivity contribution in [2.45, 2.75) is 6.04 Å². The molecule has 1 saturated heterocycles. The summed E-state index contributed by atoms with van der Waals surface area (Å²) in [7, 11) is 0. The van der Waals surface area contributed by atoms with E-state index in [1.807, 2.05) is 0 Å². The van der Waals surface area contributed by atoms with Crippen molar-refractivity contribution < 1.29 is 13.5 Å². The molecule has 0 spiro atoms. The Kier molecular flexibility index (Phi) is 2.74. The summed E-state index contributed by atoms with van der Waals surface area (Å²) in [5.41, 5.74) is 0.464. The van der Waals surface area contributed by atoms with Gasteiger partial charge < -0.3 is 10.1 Å². The SMILES string of the molecule is Fc1ccc(C2COCCN2)c(F)c1. The molecule has 1 atom stereocenters. The van der Waals surface area contributed by atoms with Crippen LogP contribution >= 0.6 is 0 Å². The van der Waals surface area contributed by atoms with Crippen molar-refractivity contribution in [2.24, 2.45) is 0 Å². The molecule has 1 aromatic rings. The number of rotatable bonds is 1. The lowest BCUT2D eigenvalue weighted by Crippen LogP contribution is -2.35. The highest BCUT2D eigenvalue weighted by molar-refractivity contribution is 5.22. The molecular weight excluding hydrogens is 188 g/mol. The highest BCUT2D eigenvalue weighted by Crippen LogP contribution is 2.19. The molecule has 1 fully saturated rings. The largest absolute Gasteiger partial charge is 0.378 e. The molecule has 1 aliphatic heterocycles. The van der Waals surface area contributed by atoms with Gasteiger partial charge in [0.2, 0.25) is 0 Å². The van der Waals surface area contributed by atoms with E-state index in [-0.39, 0.29) is 6.04 Å². The summed E-state index contributed by atoms with van der Waals surface area (Å²) < 4.78 is 31.1. The molecule has 14 heavy (non-hydrogen) atoms. The molecule has 1 heterocycles. The van der Waals surface area contributed by atoms with Crippen molar-refractivity contribution in [3.8, 4) is 0 Å². The average Bonchev–Trinajstić information content (AvgIpc) is 2.19. The number of hydrogen-bond acceptors (Lipinski definition) is 2. The van der Waals surface area contributed by atoms with Crippen LogP contribution in [0.5, 0.6) is 0 Å². The maximum atomic E-state index is 13.3. The third-order valence-corrected chi connectivity index (χ3v) is 2.26. The second-order valence-corrected chi connectivity index (χ2v) is 3.25. The Hall–Kier alpha value is -1.00. The maximum Gasteiger partial charge on any atom is 0.130 e. The third kappa shape index (κ3) is 1.91. The monoisotopic (exact) mass is 199 g/mol. The summed E-state index contributed by atoms with van der Waals surface area (Å²) in [6, 6.07) is 3.45. The van der Waals surface area contributed by atoms with E-state index in [1.165, 1.54) is 12.1 Å². The molecular formula is C10H11F2NO. The normalized spacial score (nSPS) is 22.3. The molecule has 0 radical (unpaired) electrons. The van der Waals surface area contributed by atoms with Crippen LogP contribution in [0.1, 0.15) is 11.6 Å². The molecule has 1 unspecified atom stereocenters. The van der Waals surface area contributed by atoms with Crippen LogP contribution < -0.4 is 5.32 Å². The summed E-state index contributed by atoms with van der Waals surface area (Å²) in [6.45, 7) is 1.77. The fourth-order valence-corrected chi connectivity index (χ4v) is 1.55. The molecule has 2 rings (SSSR count). The Morgan fingerprint density at radius 2 is 2.21 bits per heavy atom. The van der Waals surface area contributed by atoms with E-state index in [4.69, 9.17) is 4.74 Å². The first-order chi connectivity index (χ1) is 6.77. The maximum absolute atomic E-state index is 13.3. The van der Waals surface area contributed by atoms with E-state index in [1.54, 1.807) is 0 Å². The van der Waals surface area contributed by atoms with Crippen molar-refractivity contribution in [1.29, 1.82) is 0 Å². The van der Waals surface area contributed by atoms with Gasteiger partial charge in [0.15, 0.2) is 0 Å². The topological polar surface area (TPSA) is 21.3 Å². The van der Waals surface area contributed by atoms with Crippen molar-refractivity contribution in [2.75, 3.05) is 19.8 Å². The number of benzene rings is 1. The number of hydrogen-bond donors (Lipinski definition) is 1. The van der Waals surface area contributed by atoms with E-state index < -0.39 is 11.6 Å². The minimum Gasteiger partial charge on any atom is -0.378 e. The third-order valence-electron chi connectivity index (χ3n) is 2.26. The standard InChI is InChI=1S/C10H11F2NO/c11-7-1-2-8(9(12)5-7)10-6-14-4-3-13-10/h1-2,5,10,13H,3-4,6H2. The molecule has 0 aliphatic carbocycles. The van der Waals surface area contributed by atoms with Gasteiger partial charge in [-0.15, -0.1) is 0 Å². The lowest BCUT2D eigenvalue weighted by atomic mass is 10.1. The highest BCUT2D eigenvalue weighted by Gasteiger charge is 2.18. The van der Waals surface area contributed by atoms with Crippen LogP contribution in [0.4, 0.5) is 8.78 Å². The first-order valence-corrected chi connectivity index (χ1v) is 4.53. The molecule has 0 saturated carbocycles. The van der Waals surface area contributed by atoms with E-state index >= 15 is 0 Å². The molecule has 4 heteroatoms. The Balaban J connectivity index is 2.22. The number of nitrogens with one attached hydrogen (secondary N) is 1. The van der Waals surface area contributed by atoms with Crippen LogP contribution in [0.25, 0.3) is 0 Å². The molecule has 0 amide bonds. The first kappa shape index (κ1) is 9.55. The molecule has 1 N–H and O–H groups in total. The summed E-state index contributed by atoms with van der Waals surface area (Å²) in [5, 5.41) is 3.11. The van der Waals surface area contributed by atoms with Gasteiger partial charge >= 0.3 is 0 Å². The highest BCUT2D eigenvalue weighted by atomic mass is 19.1. The van der Waals surface area contributed by atoms with Crippen molar-refractivity contribution in [3.63, 3.8) is 0 Å². The van der Waals surface area contributed by atoms with Gasteiger partial charge in [0.1, 0.15) is 11.6 Å². The van der Waals surface area contributed by atoms with Crippen molar-refractivity contribution in [1.82, 2.24) is 5.32 Å². The summed E-state index contributed by atoms with van der Waals surface area (Å²) in [6.07, 6.45) is 0. The number of halogens is 2. The molecule has 2 nitrogen and oxygen atoms in total. The van der Waals surface area contributed by atoms with E-state index in [2.05, 4.69) is 5.32 Å². The van der Waals surface area contributed by atoms with Gasteiger partial charge in [0, 0.05) is 18.2 Å². The number of morpholine rings is 1. The molecule has 0 aromatic heterocycles. The Bertz CT molecular complexity index is 324. The van der Waals surface area contributed by atoms with Crippen LogP contribution in [-0.4, -0.2) is 19.8 Å². The predicted molar refractivity (Wildman–Crippen MR) is 47.9 cm³/mol. The van der Waals surface area contributed by atoms with Gasteiger partial charge in [-0.1, -0.05) is 6.07 Å². The Labute approximate surface area is 80.9 Å². The lowest BCUT2D eigenvalue weighted by molar-refractivity contribution is 0.0757. The predicted octanol–water partition coefficient (Wildman–Crippen LogP) is 1.63. The van der Waals surface area contributed by atoms with Crippen LogP contribution in [0.3, 0.4) is 0 Å². The molecule has 76 valence electrons. The van der Waals surface area contributed by atoms with Crippen LogP contribution in [-0.2, 0) is 4.74 Å². The van der Waals surface area contributed by atoms with Gasteiger partial charge in [0.05, 0.1) is 19.3 Å². The smallest absolute Gasteiger partial charge is 0.130 e. The van der Waals surface area contributed by atoms with E-state index in [9.17, 15) is 8.78 Å². The van der Waals surface area contributed by atoms with Crippen LogP contribution in [0.15, 0.2) is 18.2 Å². The Morgan fingerprint density at radius 1 is 1.36 bits per heavy atom. The minimum atomic E-state index is -0.553. The summed E-state index contributed by atoms with van der Waals surface area (Å²) in [5.74, 6) is -1.07. The van der Waals surface area contributed by atoms with Crippen molar-refractivity contribution >= 4 is 0 Å². The molecule has 1 aliphatic rings. The Morgan fingerprint density at radius 3 is 2.86 bits per heavy atom. The van der Waals surface area contributed by atoms with E-state index in [0.717, 1.165) is 6.07 Å². The molecule has 0 bridgehead atoms. The van der Waals surface area contributed by atoms with Crippen LogP contribution in [0.2, 0.25) is 0 Å². The van der Waals surface area contributed by atoms with E-state index in [0.29, 0.717) is 25.3 Å². The quantitative estimate of drug-likeness (QED) is 0.742. The fraction of sp³-hybridized carbons (Fsp3) is 0.400. The minimum absolute atomic E-state index is 0.163. The zero-order valence-electron chi connectivity index (χ0n) is 7.59. The lowest BCUT2D eigenvalue weighted by Gasteiger charge is -2.24. The zero-order chi connectivity index (χ0) is 9.97. The summed E-state index contributed by atoms with van der Waals surface area (Å²) in [4.78, 5) is 0. The fourth-order valence-electron chi connectivity index (χ4n) is 1.55. The van der Waals surface area contributed by atoms with Gasteiger partial charge in [-0.2, -0.15) is 0 Å². The first-order valence-electron chi connectivity index (χ1n) is 4.53. The van der Waals surface area contributed by atoms with Gasteiger partial charge in [-0.05, 0) is 6.07 Å². The van der Waals surface area contributed by atoms with Crippen LogP contribution in [0, 0.1) is 11.6 Å². The summed E-state index contributed by atoms with van der Waals surface area (Å²) >= 11 is 0. The second kappa shape index (κ2) is 4.02. The number of ether oxygens (including phenoxy) is 1. The second-order valence-electron chi connectivity index (χ2n) is 3.25. The van der Waals surface area contributed by atoms with Crippen molar-refractivity contribution in [3.05, 3.63) is 35.4 Å². The van der Waals surface area contributed by atoms with Gasteiger partial charge in [0.25, 0.3) is 0 Å². The zero-order valence-corrected chi connectivity index (χ0v) is 7.59.